The quantitative estimate of drug-likeness (QED) is 0.228. The molecule has 1 aromatic carbocycles. The number of thioether (sulfide) groups is 1. The molecule has 1 aromatic rings. The Morgan fingerprint density at radius 3 is 2.45 bits per heavy atom. The minimum Gasteiger partial charge on any atom is -0.364 e. The van der Waals surface area contributed by atoms with E-state index in [1.807, 2.05) is 49.2 Å². The van der Waals surface area contributed by atoms with Crippen LogP contribution in [0.1, 0.15) is 26.2 Å². The molecular formula is C22H33N5O4S2. The maximum atomic E-state index is 13.0. The Balaban J connectivity index is 1.96. The van der Waals surface area contributed by atoms with Crippen LogP contribution in [-0.2, 0) is 10.0 Å². The number of primary sulfonamides is 1. The van der Waals surface area contributed by atoms with Crippen molar-refractivity contribution in [3.05, 3.63) is 64.0 Å². The number of nitrogens with two attached hydrogens (primary N) is 1. The van der Waals surface area contributed by atoms with Crippen molar-refractivity contribution in [1.82, 2.24) is 14.7 Å². The highest BCUT2D eigenvalue weighted by molar-refractivity contribution is 7.99. The number of nitrogens with zero attached hydrogens (tertiary/aromatic N) is 4. The topological polar surface area (TPSA) is 113 Å². The van der Waals surface area contributed by atoms with E-state index in [9.17, 15) is 18.5 Å². The van der Waals surface area contributed by atoms with Crippen molar-refractivity contribution < 1.29 is 13.3 Å². The van der Waals surface area contributed by atoms with Gasteiger partial charge >= 0.3 is 0 Å². The van der Waals surface area contributed by atoms with Crippen LogP contribution < -0.4 is 5.14 Å². The molecular weight excluding hydrogens is 462 g/mol. The van der Waals surface area contributed by atoms with Gasteiger partial charge in [0.15, 0.2) is 4.87 Å². The van der Waals surface area contributed by atoms with Gasteiger partial charge in [-0.25, -0.2) is 13.6 Å². The summed E-state index contributed by atoms with van der Waals surface area (Å²) in [7, 11) is -2.18. The molecule has 1 saturated heterocycles. The van der Waals surface area contributed by atoms with Crippen molar-refractivity contribution in [2.75, 3.05) is 45.6 Å². The van der Waals surface area contributed by atoms with E-state index >= 15 is 0 Å². The Labute approximate surface area is 200 Å². The normalized spacial score (nSPS) is 22.2. The molecule has 1 aliphatic carbocycles. The molecule has 1 atom stereocenters. The number of nitro groups is 1. The third-order valence-electron chi connectivity index (χ3n) is 6.22. The van der Waals surface area contributed by atoms with Crippen molar-refractivity contribution in [2.45, 2.75) is 36.0 Å². The molecule has 182 valence electrons. The highest BCUT2D eigenvalue weighted by Gasteiger charge is 2.51. The second kappa shape index (κ2) is 11.0. The predicted molar refractivity (Wildman–Crippen MR) is 131 cm³/mol. The van der Waals surface area contributed by atoms with Crippen LogP contribution >= 0.6 is 11.8 Å². The lowest BCUT2D eigenvalue weighted by Gasteiger charge is -2.42. The van der Waals surface area contributed by atoms with Crippen molar-refractivity contribution in [2.24, 2.45) is 5.14 Å². The molecule has 33 heavy (non-hydrogen) atoms. The lowest BCUT2D eigenvalue weighted by Crippen LogP contribution is -2.58. The van der Waals surface area contributed by atoms with Gasteiger partial charge in [0.05, 0.1) is 17.2 Å². The van der Waals surface area contributed by atoms with Crippen molar-refractivity contribution >= 4 is 21.8 Å². The average Bonchev–Trinajstić information content (AvgIpc) is 2.79. The van der Waals surface area contributed by atoms with Gasteiger partial charge in [-0.3, -0.25) is 15.0 Å². The van der Waals surface area contributed by atoms with Gasteiger partial charge in [0.1, 0.15) is 5.70 Å². The van der Waals surface area contributed by atoms with Crippen molar-refractivity contribution in [1.29, 1.82) is 0 Å². The summed E-state index contributed by atoms with van der Waals surface area (Å²) in [5.41, 5.74) is 0.390. The lowest BCUT2D eigenvalue weighted by atomic mass is 10.00. The number of benzene rings is 1. The molecule has 0 aromatic heterocycles. The van der Waals surface area contributed by atoms with Gasteiger partial charge in [0.2, 0.25) is 10.0 Å². The summed E-state index contributed by atoms with van der Waals surface area (Å²) >= 11 is 1.50. The van der Waals surface area contributed by atoms with E-state index in [2.05, 4.69) is 4.90 Å². The summed E-state index contributed by atoms with van der Waals surface area (Å²) in [4.78, 5) is 16.9. The maximum Gasteiger partial charge on any atom is 0.272 e. The molecule has 11 heteroatoms. The predicted octanol–water partition coefficient (Wildman–Crippen LogP) is 2.52. The number of hydrogen-bond acceptors (Lipinski definition) is 8. The molecule has 0 radical (unpaired) electrons. The molecule has 2 N–H and O–H groups in total. The van der Waals surface area contributed by atoms with Gasteiger partial charge in [-0.1, -0.05) is 31.5 Å². The van der Waals surface area contributed by atoms with E-state index in [1.54, 1.807) is 17.1 Å². The molecule has 0 unspecified atom stereocenters. The van der Waals surface area contributed by atoms with Crippen LogP contribution in [0.3, 0.4) is 0 Å². The first-order valence-corrected chi connectivity index (χ1v) is 13.7. The second-order valence-corrected chi connectivity index (χ2v) is 11.3. The van der Waals surface area contributed by atoms with Gasteiger partial charge in [0, 0.05) is 37.6 Å². The van der Waals surface area contributed by atoms with Gasteiger partial charge in [0.25, 0.3) is 5.70 Å². The van der Waals surface area contributed by atoms with E-state index in [4.69, 9.17) is 5.14 Å². The number of sulfonamides is 1. The zero-order chi connectivity index (χ0) is 24.1. The molecule has 0 bridgehead atoms. The molecule has 1 fully saturated rings. The molecule has 9 nitrogen and oxygen atoms in total. The Kier molecular flexibility index (Phi) is 8.57. The second-order valence-electron chi connectivity index (χ2n) is 8.48. The van der Waals surface area contributed by atoms with E-state index in [1.165, 1.54) is 11.8 Å². The molecule has 2 aliphatic rings. The summed E-state index contributed by atoms with van der Waals surface area (Å²) in [6.07, 6.45) is 4.51. The fraction of sp³-hybridized carbons (Fsp3) is 0.545. The van der Waals surface area contributed by atoms with Gasteiger partial charge in [-0.15, -0.1) is 11.8 Å². The first-order chi connectivity index (χ1) is 15.7. The number of unbranched alkanes of at least 4 members (excludes halogenated alkanes) is 1. The van der Waals surface area contributed by atoms with Crippen LogP contribution in [0.5, 0.6) is 0 Å². The van der Waals surface area contributed by atoms with Crippen molar-refractivity contribution in [3.8, 4) is 0 Å². The first-order valence-electron chi connectivity index (χ1n) is 11.1. The largest absolute Gasteiger partial charge is 0.364 e. The Bertz CT molecular complexity index is 991. The Morgan fingerprint density at radius 2 is 1.88 bits per heavy atom. The smallest absolute Gasteiger partial charge is 0.272 e. The number of piperazine rings is 1. The molecule has 1 aliphatic heterocycles. The first kappa shape index (κ1) is 25.7. The van der Waals surface area contributed by atoms with Crippen LogP contribution in [0.15, 0.2) is 58.8 Å². The zero-order valence-corrected chi connectivity index (χ0v) is 20.9. The number of hydrogen-bond donors (Lipinski definition) is 1. The molecule has 1 heterocycles. The summed E-state index contributed by atoms with van der Waals surface area (Å²) in [5.74, 6) is 0.347. The summed E-state index contributed by atoms with van der Waals surface area (Å²) in [5, 5.41) is 17.9. The van der Waals surface area contributed by atoms with E-state index in [0.29, 0.717) is 31.2 Å². The fourth-order valence-electron chi connectivity index (χ4n) is 4.16. The minimum absolute atomic E-state index is 0.0951. The molecule has 3 rings (SSSR count). The Hall–Kier alpha value is -1.92. The number of allylic oxidation sites excluding steroid dienone is 1. The maximum absolute atomic E-state index is 13.0. The minimum atomic E-state index is -4.19. The van der Waals surface area contributed by atoms with Crippen molar-refractivity contribution in [3.63, 3.8) is 0 Å². The molecule has 0 amide bonds. The van der Waals surface area contributed by atoms with Crippen LogP contribution in [0.4, 0.5) is 0 Å². The van der Waals surface area contributed by atoms with Crippen LogP contribution in [0, 0.1) is 10.1 Å². The van der Waals surface area contributed by atoms with E-state index in [-0.39, 0.29) is 12.1 Å². The highest BCUT2D eigenvalue weighted by Crippen LogP contribution is 2.38. The van der Waals surface area contributed by atoms with Gasteiger partial charge in [-0.2, -0.15) is 0 Å². The summed E-state index contributed by atoms with van der Waals surface area (Å²) < 4.78 is 26.1. The summed E-state index contributed by atoms with van der Waals surface area (Å²) in [6.45, 7) is 5.37. The zero-order valence-electron chi connectivity index (χ0n) is 19.2. The average molecular weight is 496 g/mol. The number of rotatable bonds is 10. The number of likely N-dealkylation sites (N-methyl/N-ethyl adjacent to an activating group) is 1. The SMILES string of the molecule is CCCCN(CSc1ccccc1)[C@]1(S(N)(=O)=O)C=CC(N2CCN(C)CC2)=C([N+](=O)[O-])C1. The highest BCUT2D eigenvalue weighted by atomic mass is 32.2. The summed E-state index contributed by atoms with van der Waals surface area (Å²) in [6, 6.07) is 9.67. The standard InChI is InChI=1S/C22H33N5O4S2/c1-3-4-12-26(18-32-19-8-6-5-7-9-19)22(33(23,30)31)11-10-20(21(17-22)27(28)29)25-15-13-24(2)14-16-25/h5-11H,3-4,12-18H2,1-2H3,(H2,23,30,31)/t22-/m0/s1. The Morgan fingerprint density at radius 1 is 1.21 bits per heavy atom. The van der Waals surface area contributed by atoms with Crippen LogP contribution in [0.2, 0.25) is 0 Å². The van der Waals surface area contributed by atoms with Gasteiger partial charge in [-0.05, 0) is 37.8 Å². The fourth-order valence-corrected chi connectivity index (χ4v) is 6.37. The third-order valence-corrected chi connectivity index (χ3v) is 8.79. The van der Waals surface area contributed by atoms with E-state index in [0.717, 1.165) is 30.8 Å². The third kappa shape index (κ3) is 5.96. The molecule has 0 saturated carbocycles. The van der Waals surface area contributed by atoms with Gasteiger partial charge < -0.3 is 9.80 Å². The monoisotopic (exact) mass is 495 g/mol. The van der Waals surface area contributed by atoms with Crippen LogP contribution in [0.25, 0.3) is 0 Å². The lowest BCUT2D eigenvalue weighted by molar-refractivity contribution is -0.431. The van der Waals surface area contributed by atoms with E-state index < -0.39 is 19.8 Å². The van der Waals surface area contributed by atoms with Crippen LogP contribution in [-0.4, -0.2) is 78.6 Å². The molecule has 0 spiro atoms.